The van der Waals surface area contributed by atoms with E-state index < -0.39 is 0 Å². The molecule has 1 unspecified atom stereocenters. The van der Waals surface area contributed by atoms with Crippen LogP contribution in [0.15, 0.2) is 36.4 Å². The van der Waals surface area contributed by atoms with Crippen molar-refractivity contribution in [1.29, 1.82) is 0 Å². The number of nitrogens with zero attached hydrogens (tertiary/aromatic N) is 2. The quantitative estimate of drug-likeness (QED) is 0.773. The van der Waals surface area contributed by atoms with Gasteiger partial charge < -0.3 is 10.3 Å². The van der Waals surface area contributed by atoms with Gasteiger partial charge in [0.25, 0.3) is 0 Å². The molecule has 0 bridgehead atoms. The molecule has 4 heteroatoms. The molecule has 0 fully saturated rings. The summed E-state index contributed by atoms with van der Waals surface area (Å²) in [5.74, 6) is 0.256. The first kappa shape index (κ1) is 13.6. The van der Waals surface area contributed by atoms with Crippen LogP contribution in [0.2, 0.25) is 0 Å². The van der Waals surface area contributed by atoms with Gasteiger partial charge in [-0.05, 0) is 49.6 Å². The maximum atomic E-state index is 13.8. The summed E-state index contributed by atoms with van der Waals surface area (Å²) >= 11 is 0. The zero-order valence-electron chi connectivity index (χ0n) is 12.4. The molecule has 0 aliphatic heterocycles. The van der Waals surface area contributed by atoms with Gasteiger partial charge >= 0.3 is 0 Å². The average molecular weight is 283 g/mol. The normalized spacial score (nSPS) is 12.8. The molecular weight excluding hydrogens is 265 g/mol. The first-order chi connectivity index (χ1) is 9.99. The SMILES string of the molecule is Cc1ccc(C(C)n2c(N)nc3cccc(C)c32)cc1F. The van der Waals surface area contributed by atoms with E-state index in [2.05, 4.69) is 4.98 Å². The van der Waals surface area contributed by atoms with Gasteiger partial charge in [0.2, 0.25) is 5.95 Å². The van der Waals surface area contributed by atoms with E-state index in [1.165, 1.54) is 0 Å². The van der Waals surface area contributed by atoms with Crippen LogP contribution in [0.1, 0.15) is 29.7 Å². The second kappa shape index (κ2) is 4.88. The number of benzene rings is 2. The number of anilines is 1. The number of imidazole rings is 1. The lowest BCUT2D eigenvalue weighted by molar-refractivity contribution is 0.604. The van der Waals surface area contributed by atoms with E-state index in [0.717, 1.165) is 22.2 Å². The van der Waals surface area contributed by atoms with Crippen LogP contribution in [-0.4, -0.2) is 9.55 Å². The fourth-order valence-electron chi connectivity index (χ4n) is 2.75. The van der Waals surface area contributed by atoms with E-state index in [9.17, 15) is 4.39 Å². The van der Waals surface area contributed by atoms with E-state index in [1.54, 1.807) is 19.1 Å². The van der Waals surface area contributed by atoms with Gasteiger partial charge in [-0.15, -0.1) is 0 Å². The average Bonchev–Trinajstić information content (AvgIpc) is 2.78. The number of rotatable bonds is 2. The number of halogens is 1. The molecule has 3 rings (SSSR count). The van der Waals surface area contributed by atoms with E-state index in [0.29, 0.717) is 11.5 Å². The van der Waals surface area contributed by atoms with Crippen molar-refractivity contribution in [1.82, 2.24) is 9.55 Å². The first-order valence-electron chi connectivity index (χ1n) is 6.98. The molecular formula is C17H18FN3. The van der Waals surface area contributed by atoms with Gasteiger partial charge in [-0.1, -0.05) is 24.3 Å². The monoisotopic (exact) mass is 283 g/mol. The standard InChI is InChI=1S/C17H18FN3/c1-10-7-8-13(9-14(10)18)12(3)21-16-11(2)5-4-6-15(16)20-17(21)19/h4-9,12H,1-3H3,(H2,19,20). The Kier molecular flexibility index (Phi) is 3.16. The van der Waals surface area contributed by atoms with Crippen molar-refractivity contribution in [3.05, 3.63) is 58.9 Å². The molecule has 2 aromatic carbocycles. The van der Waals surface area contributed by atoms with Crippen LogP contribution in [0.4, 0.5) is 10.3 Å². The Morgan fingerprint density at radius 2 is 1.90 bits per heavy atom. The lowest BCUT2D eigenvalue weighted by Crippen LogP contribution is -2.11. The summed E-state index contributed by atoms with van der Waals surface area (Å²) in [4.78, 5) is 4.41. The fraction of sp³-hybridized carbons (Fsp3) is 0.235. The molecule has 0 saturated heterocycles. The van der Waals surface area contributed by atoms with Gasteiger partial charge in [-0.25, -0.2) is 9.37 Å². The summed E-state index contributed by atoms with van der Waals surface area (Å²) < 4.78 is 15.8. The minimum absolute atomic E-state index is 0.0776. The van der Waals surface area contributed by atoms with Gasteiger partial charge in [0, 0.05) is 0 Å². The van der Waals surface area contributed by atoms with Gasteiger partial charge in [0.1, 0.15) is 5.82 Å². The Balaban J connectivity index is 2.19. The maximum Gasteiger partial charge on any atom is 0.201 e. The van der Waals surface area contributed by atoms with Gasteiger partial charge in [-0.2, -0.15) is 0 Å². The molecule has 108 valence electrons. The third-order valence-electron chi connectivity index (χ3n) is 4.00. The van der Waals surface area contributed by atoms with E-state index in [4.69, 9.17) is 5.73 Å². The Morgan fingerprint density at radius 1 is 1.14 bits per heavy atom. The third kappa shape index (κ3) is 2.17. The Labute approximate surface area is 123 Å². The number of hydrogen-bond donors (Lipinski definition) is 1. The molecule has 1 aromatic heterocycles. The molecule has 0 spiro atoms. The minimum atomic E-state index is -0.195. The van der Waals surface area contributed by atoms with Crippen molar-refractivity contribution < 1.29 is 4.39 Å². The molecule has 0 aliphatic carbocycles. The molecule has 0 radical (unpaired) electrons. The summed E-state index contributed by atoms with van der Waals surface area (Å²) in [6.07, 6.45) is 0. The van der Waals surface area contributed by atoms with Crippen molar-refractivity contribution in [2.24, 2.45) is 0 Å². The molecule has 2 N–H and O–H groups in total. The van der Waals surface area contributed by atoms with E-state index in [1.807, 2.05) is 42.7 Å². The highest BCUT2D eigenvalue weighted by Crippen LogP contribution is 2.29. The van der Waals surface area contributed by atoms with Crippen LogP contribution in [0.3, 0.4) is 0 Å². The number of fused-ring (bicyclic) bond motifs is 1. The number of nitrogen functional groups attached to an aromatic ring is 1. The van der Waals surface area contributed by atoms with Crippen molar-refractivity contribution >= 4 is 17.0 Å². The largest absolute Gasteiger partial charge is 0.369 e. The Morgan fingerprint density at radius 3 is 2.62 bits per heavy atom. The molecule has 0 amide bonds. The highest BCUT2D eigenvalue weighted by Gasteiger charge is 2.17. The number of hydrogen-bond acceptors (Lipinski definition) is 2. The fourth-order valence-corrected chi connectivity index (χ4v) is 2.75. The number of nitrogens with two attached hydrogens (primary N) is 1. The molecule has 1 atom stereocenters. The zero-order chi connectivity index (χ0) is 15.1. The topological polar surface area (TPSA) is 43.8 Å². The molecule has 0 aliphatic rings. The van der Waals surface area contributed by atoms with Crippen molar-refractivity contribution in [2.75, 3.05) is 5.73 Å². The second-order valence-corrected chi connectivity index (χ2v) is 5.47. The van der Waals surface area contributed by atoms with Gasteiger partial charge in [0.05, 0.1) is 17.1 Å². The maximum absolute atomic E-state index is 13.8. The van der Waals surface area contributed by atoms with Crippen LogP contribution in [0.25, 0.3) is 11.0 Å². The second-order valence-electron chi connectivity index (χ2n) is 5.47. The van der Waals surface area contributed by atoms with E-state index in [-0.39, 0.29) is 11.9 Å². The van der Waals surface area contributed by atoms with Crippen LogP contribution < -0.4 is 5.73 Å². The Hall–Kier alpha value is -2.36. The highest BCUT2D eigenvalue weighted by atomic mass is 19.1. The minimum Gasteiger partial charge on any atom is -0.369 e. The number of aryl methyl sites for hydroxylation is 2. The van der Waals surface area contributed by atoms with E-state index >= 15 is 0 Å². The smallest absolute Gasteiger partial charge is 0.201 e. The predicted molar refractivity (Wildman–Crippen MR) is 83.8 cm³/mol. The summed E-state index contributed by atoms with van der Waals surface area (Å²) in [5.41, 5.74) is 10.6. The number of para-hydroxylation sites is 1. The highest BCUT2D eigenvalue weighted by molar-refractivity contribution is 5.82. The van der Waals surface area contributed by atoms with Crippen LogP contribution in [-0.2, 0) is 0 Å². The van der Waals surface area contributed by atoms with Crippen molar-refractivity contribution in [3.63, 3.8) is 0 Å². The lowest BCUT2D eigenvalue weighted by Gasteiger charge is -2.18. The summed E-state index contributed by atoms with van der Waals surface area (Å²) in [6, 6.07) is 11.2. The summed E-state index contributed by atoms with van der Waals surface area (Å²) in [7, 11) is 0. The van der Waals surface area contributed by atoms with Crippen LogP contribution in [0.5, 0.6) is 0 Å². The summed E-state index contributed by atoms with van der Waals surface area (Å²) in [5, 5.41) is 0. The molecule has 0 saturated carbocycles. The molecule has 3 aromatic rings. The molecule has 21 heavy (non-hydrogen) atoms. The number of aromatic nitrogens is 2. The molecule has 3 nitrogen and oxygen atoms in total. The van der Waals surface area contributed by atoms with Gasteiger partial charge in [-0.3, -0.25) is 0 Å². The lowest BCUT2D eigenvalue weighted by atomic mass is 10.1. The Bertz CT molecular complexity index is 820. The first-order valence-corrected chi connectivity index (χ1v) is 6.98. The zero-order valence-corrected chi connectivity index (χ0v) is 12.4. The molecule has 1 heterocycles. The van der Waals surface area contributed by atoms with Crippen molar-refractivity contribution in [3.8, 4) is 0 Å². The third-order valence-corrected chi connectivity index (χ3v) is 4.00. The van der Waals surface area contributed by atoms with Crippen LogP contribution >= 0.6 is 0 Å². The summed E-state index contributed by atoms with van der Waals surface area (Å²) in [6.45, 7) is 5.80. The van der Waals surface area contributed by atoms with Crippen molar-refractivity contribution in [2.45, 2.75) is 26.8 Å². The van der Waals surface area contributed by atoms with Gasteiger partial charge in [0.15, 0.2) is 0 Å². The predicted octanol–water partition coefficient (Wildman–Crippen LogP) is 3.98. The van der Waals surface area contributed by atoms with Crippen LogP contribution in [0, 0.1) is 19.7 Å².